The van der Waals surface area contributed by atoms with E-state index in [0.717, 1.165) is 25.2 Å². The highest BCUT2D eigenvalue weighted by Gasteiger charge is 2.12. The molecule has 76 valence electrons. The van der Waals surface area contributed by atoms with Crippen molar-refractivity contribution in [1.82, 2.24) is 4.72 Å². The summed E-state index contributed by atoms with van der Waals surface area (Å²) < 4.78 is 18.5. The lowest BCUT2D eigenvalue weighted by Gasteiger charge is -2.27. The summed E-state index contributed by atoms with van der Waals surface area (Å²) in [5, 5.41) is 0. The molecule has 1 aromatic rings. The van der Waals surface area contributed by atoms with Gasteiger partial charge < -0.3 is 4.31 Å². The van der Waals surface area contributed by atoms with Crippen LogP contribution in [0.15, 0.2) is 18.2 Å². The van der Waals surface area contributed by atoms with E-state index in [9.17, 15) is 4.39 Å². The van der Waals surface area contributed by atoms with E-state index in [2.05, 4.69) is 9.03 Å². The van der Waals surface area contributed by atoms with E-state index < -0.39 is 0 Å². The van der Waals surface area contributed by atoms with Gasteiger partial charge in [0.15, 0.2) is 0 Å². The number of benzene rings is 1. The van der Waals surface area contributed by atoms with Crippen molar-refractivity contribution in [3.63, 3.8) is 0 Å². The summed E-state index contributed by atoms with van der Waals surface area (Å²) in [7, 11) is 0. The van der Waals surface area contributed by atoms with Crippen LogP contribution in [0.4, 0.5) is 10.1 Å². The van der Waals surface area contributed by atoms with Crippen molar-refractivity contribution in [2.75, 3.05) is 17.4 Å². The normalized spacial score (nSPS) is 17.1. The summed E-state index contributed by atoms with van der Waals surface area (Å²) in [6.45, 7) is 3.77. The molecule has 0 bridgehead atoms. The molecular formula is C10H13FN2S. The summed E-state index contributed by atoms with van der Waals surface area (Å²) in [5.41, 5.74) is 1.63. The molecule has 0 radical (unpaired) electrons. The molecule has 2 nitrogen and oxygen atoms in total. The fraction of sp³-hybridized carbons (Fsp3) is 0.400. The smallest absolute Gasteiger partial charge is 0.128 e. The molecule has 0 aromatic heterocycles. The van der Waals surface area contributed by atoms with E-state index in [4.69, 9.17) is 0 Å². The lowest BCUT2D eigenvalue weighted by Crippen LogP contribution is -2.29. The molecule has 0 atom stereocenters. The quantitative estimate of drug-likeness (QED) is 0.720. The van der Waals surface area contributed by atoms with Gasteiger partial charge in [-0.25, -0.2) is 9.11 Å². The maximum Gasteiger partial charge on any atom is 0.128 e. The second kappa shape index (κ2) is 4.19. The SMILES string of the molecule is Cc1ccc(N2CCCNS2)cc1F. The van der Waals surface area contributed by atoms with Gasteiger partial charge in [0.2, 0.25) is 0 Å². The van der Waals surface area contributed by atoms with E-state index in [-0.39, 0.29) is 5.82 Å². The highest BCUT2D eigenvalue weighted by atomic mass is 32.2. The van der Waals surface area contributed by atoms with E-state index in [0.29, 0.717) is 5.56 Å². The number of anilines is 1. The Bertz CT molecular complexity index is 324. The Labute approximate surface area is 87.8 Å². The number of rotatable bonds is 1. The van der Waals surface area contributed by atoms with Gasteiger partial charge in [0.1, 0.15) is 5.82 Å². The van der Waals surface area contributed by atoms with Crippen molar-refractivity contribution in [2.24, 2.45) is 0 Å². The molecule has 1 N–H and O–H groups in total. The Morgan fingerprint density at radius 1 is 1.50 bits per heavy atom. The van der Waals surface area contributed by atoms with Crippen molar-refractivity contribution in [2.45, 2.75) is 13.3 Å². The minimum absolute atomic E-state index is 0.131. The van der Waals surface area contributed by atoms with Crippen molar-refractivity contribution >= 4 is 17.8 Å². The Kier molecular flexibility index (Phi) is 2.93. The molecule has 1 aromatic carbocycles. The third-order valence-electron chi connectivity index (χ3n) is 2.26. The number of nitrogens with zero attached hydrogens (tertiary/aromatic N) is 1. The lowest BCUT2D eigenvalue weighted by atomic mass is 10.2. The van der Waals surface area contributed by atoms with Crippen molar-refractivity contribution < 1.29 is 4.39 Å². The maximum atomic E-state index is 13.3. The van der Waals surface area contributed by atoms with Gasteiger partial charge >= 0.3 is 0 Å². The van der Waals surface area contributed by atoms with Crippen LogP contribution in [-0.4, -0.2) is 13.1 Å². The van der Waals surface area contributed by atoms with Crippen LogP contribution < -0.4 is 9.03 Å². The number of nitrogens with one attached hydrogen (secondary N) is 1. The lowest BCUT2D eigenvalue weighted by molar-refractivity contribution is 0.618. The molecule has 0 amide bonds. The molecule has 1 fully saturated rings. The molecule has 0 saturated carbocycles. The summed E-state index contributed by atoms with van der Waals surface area (Å²) >= 11 is 1.55. The highest BCUT2D eigenvalue weighted by Crippen LogP contribution is 2.24. The summed E-state index contributed by atoms with van der Waals surface area (Å²) in [6.07, 6.45) is 1.10. The fourth-order valence-electron chi connectivity index (χ4n) is 1.38. The van der Waals surface area contributed by atoms with Crippen LogP contribution in [0.5, 0.6) is 0 Å². The Morgan fingerprint density at radius 2 is 2.36 bits per heavy atom. The molecule has 1 aliphatic rings. The first kappa shape index (κ1) is 9.80. The third kappa shape index (κ3) is 2.01. The predicted molar refractivity (Wildman–Crippen MR) is 58.7 cm³/mol. The summed E-state index contributed by atoms with van der Waals surface area (Å²) in [5.74, 6) is -0.131. The molecule has 0 aliphatic carbocycles. The zero-order valence-electron chi connectivity index (χ0n) is 8.09. The van der Waals surface area contributed by atoms with Crippen molar-refractivity contribution in [1.29, 1.82) is 0 Å². The van der Waals surface area contributed by atoms with Gasteiger partial charge in [-0.2, -0.15) is 0 Å². The van der Waals surface area contributed by atoms with E-state index in [1.807, 2.05) is 12.1 Å². The predicted octanol–water partition coefficient (Wildman–Crippen LogP) is 2.50. The van der Waals surface area contributed by atoms with Crippen LogP contribution >= 0.6 is 12.1 Å². The molecule has 0 unspecified atom stereocenters. The third-order valence-corrected chi connectivity index (χ3v) is 3.21. The van der Waals surface area contributed by atoms with Crippen LogP contribution in [0.3, 0.4) is 0 Å². The zero-order valence-corrected chi connectivity index (χ0v) is 8.90. The maximum absolute atomic E-state index is 13.3. The van der Waals surface area contributed by atoms with Gasteiger partial charge in [-0.1, -0.05) is 6.07 Å². The number of aryl methyl sites for hydroxylation is 1. The number of hydrogen-bond donors (Lipinski definition) is 1. The second-order valence-electron chi connectivity index (χ2n) is 3.37. The standard InChI is InChI=1S/C10H13FN2S/c1-8-3-4-9(7-10(8)11)13-6-2-5-12-14-13/h3-4,7,12H,2,5-6H2,1H3. The highest BCUT2D eigenvalue weighted by molar-refractivity contribution is 7.98. The van der Waals surface area contributed by atoms with Gasteiger partial charge in [-0.05, 0) is 31.0 Å². The first-order valence-electron chi connectivity index (χ1n) is 4.71. The average molecular weight is 212 g/mol. The van der Waals surface area contributed by atoms with Gasteiger partial charge in [-0.3, -0.25) is 0 Å². The molecular weight excluding hydrogens is 199 g/mol. The van der Waals surface area contributed by atoms with Gasteiger partial charge in [-0.15, -0.1) is 0 Å². The Morgan fingerprint density at radius 3 is 3.00 bits per heavy atom. The first-order valence-corrected chi connectivity index (χ1v) is 5.48. The minimum atomic E-state index is -0.131. The summed E-state index contributed by atoms with van der Waals surface area (Å²) in [6, 6.07) is 5.37. The summed E-state index contributed by atoms with van der Waals surface area (Å²) in [4.78, 5) is 0. The van der Waals surface area contributed by atoms with E-state index in [1.54, 1.807) is 25.1 Å². The monoisotopic (exact) mass is 212 g/mol. The van der Waals surface area contributed by atoms with Crippen LogP contribution in [0, 0.1) is 12.7 Å². The first-order chi connectivity index (χ1) is 6.77. The molecule has 0 spiro atoms. The van der Waals surface area contributed by atoms with Crippen LogP contribution in [0.25, 0.3) is 0 Å². The zero-order chi connectivity index (χ0) is 9.97. The van der Waals surface area contributed by atoms with Crippen LogP contribution in [0.1, 0.15) is 12.0 Å². The molecule has 4 heteroatoms. The topological polar surface area (TPSA) is 15.3 Å². The fourth-order valence-corrected chi connectivity index (χ4v) is 2.21. The Balaban J connectivity index is 2.18. The molecule has 1 saturated heterocycles. The van der Waals surface area contributed by atoms with Crippen molar-refractivity contribution in [3.8, 4) is 0 Å². The second-order valence-corrected chi connectivity index (χ2v) is 4.29. The Hall–Kier alpha value is -0.740. The largest absolute Gasteiger partial charge is 0.303 e. The molecule has 1 aliphatic heterocycles. The van der Waals surface area contributed by atoms with Gasteiger partial charge in [0.25, 0.3) is 0 Å². The van der Waals surface area contributed by atoms with Crippen molar-refractivity contribution in [3.05, 3.63) is 29.6 Å². The number of halogens is 1. The minimum Gasteiger partial charge on any atom is -0.303 e. The number of hydrogen-bond acceptors (Lipinski definition) is 3. The van der Waals surface area contributed by atoms with Crippen LogP contribution in [-0.2, 0) is 0 Å². The average Bonchev–Trinajstić information content (AvgIpc) is 2.23. The van der Waals surface area contributed by atoms with Gasteiger partial charge in [0.05, 0.1) is 5.69 Å². The van der Waals surface area contributed by atoms with Gasteiger partial charge in [0, 0.05) is 25.2 Å². The molecule has 14 heavy (non-hydrogen) atoms. The van der Waals surface area contributed by atoms with E-state index >= 15 is 0 Å². The molecule has 1 heterocycles. The van der Waals surface area contributed by atoms with E-state index in [1.165, 1.54) is 0 Å². The van der Waals surface area contributed by atoms with Crippen LogP contribution in [0.2, 0.25) is 0 Å². The molecule has 2 rings (SSSR count).